The summed E-state index contributed by atoms with van der Waals surface area (Å²) < 4.78 is 6.88. The van der Waals surface area contributed by atoms with E-state index in [1.54, 1.807) is 16.7 Å². The van der Waals surface area contributed by atoms with E-state index in [2.05, 4.69) is 10.4 Å². The molecule has 2 heterocycles. The summed E-state index contributed by atoms with van der Waals surface area (Å²) in [5, 5.41) is 7.48. The summed E-state index contributed by atoms with van der Waals surface area (Å²) in [6.45, 7) is 0.386. The topological polar surface area (TPSA) is 76.5 Å². The van der Waals surface area contributed by atoms with Crippen LogP contribution in [0.25, 0.3) is 0 Å². The molecule has 1 saturated heterocycles. The lowest BCUT2D eigenvalue weighted by Gasteiger charge is -2.17. The molecule has 4 rings (SSSR count). The Balaban J connectivity index is 1.47. The Kier molecular flexibility index (Phi) is 4.14. The second kappa shape index (κ2) is 6.48. The summed E-state index contributed by atoms with van der Waals surface area (Å²) in [4.78, 5) is 26.8. The number of methoxy groups -OCH3 is 1. The number of amides is 2. The molecule has 0 saturated carbocycles. The van der Waals surface area contributed by atoms with E-state index in [-0.39, 0.29) is 24.2 Å². The van der Waals surface area contributed by atoms with Crippen molar-refractivity contribution < 1.29 is 14.3 Å². The summed E-state index contributed by atoms with van der Waals surface area (Å²) in [7, 11) is 3.45. The third-order valence-corrected chi connectivity index (χ3v) is 5.19. The third-order valence-electron chi connectivity index (χ3n) is 5.19. The number of carbonyl (C=O) groups excluding carboxylic acids is 2. The SMILES string of the molecule is COc1ccc(N2C[C@H](C(=O)Nc3c4c(nn3C)CCC4)CC2=O)cc1. The Morgan fingerprint density at radius 3 is 2.77 bits per heavy atom. The first-order valence-electron chi connectivity index (χ1n) is 8.87. The van der Waals surface area contributed by atoms with Gasteiger partial charge in [0.25, 0.3) is 0 Å². The summed E-state index contributed by atoms with van der Waals surface area (Å²) in [5.74, 6) is 0.992. The van der Waals surface area contributed by atoms with Crippen LogP contribution in [0.2, 0.25) is 0 Å². The number of fused-ring (bicyclic) bond motifs is 1. The van der Waals surface area contributed by atoms with Gasteiger partial charge in [0.1, 0.15) is 11.6 Å². The van der Waals surface area contributed by atoms with Crippen LogP contribution in [0.3, 0.4) is 0 Å². The van der Waals surface area contributed by atoms with Gasteiger partial charge in [-0.2, -0.15) is 5.10 Å². The van der Waals surface area contributed by atoms with Crippen molar-refractivity contribution >= 4 is 23.3 Å². The van der Waals surface area contributed by atoms with Gasteiger partial charge in [-0.1, -0.05) is 0 Å². The first kappa shape index (κ1) is 16.6. The van der Waals surface area contributed by atoms with Gasteiger partial charge >= 0.3 is 0 Å². The molecule has 1 aliphatic carbocycles. The standard InChI is InChI=1S/C19H22N4O3/c1-22-18(15-4-3-5-16(15)21-22)20-19(25)12-10-17(24)23(11-12)13-6-8-14(26-2)9-7-13/h6-9,12H,3-5,10-11H2,1-2H3,(H,20,25)/t12-/m1/s1. The van der Waals surface area contributed by atoms with E-state index in [1.807, 2.05) is 31.3 Å². The molecule has 1 atom stereocenters. The Bertz CT molecular complexity index is 856. The van der Waals surface area contributed by atoms with Gasteiger partial charge in [-0.3, -0.25) is 14.3 Å². The molecule has 2 aliphatic rings. The Hall–Kier alpha value is -2.83. The third kappa shape index (κ3) is 2.83. The fraction of sp³-hybridized carbons (Fsp3) is 0.421. The van der Waals surface area contributed by atoms with Crippen molar-refractivity contribution in [1.29, 1.82) is 0 Å². The smallest absolute Gasteiger partial charge is 0.230 e. The molecular weight excluding hydrogens is 332 g/mol. The highest BCUT2D eigenvalue weighted by Gasteiger charge is 2.36. The van der Waals surface area contributed by atoms with Crippen LogP contribution >= 0.6 is 0 Å². The van der Waals surface area contributed by atoms with E-state index in [4.69, 9.17) is 4.74 Å². The van der Waals surface area contributed by atoms with E-state index in [0.717, 1.165) is 47.8 Å². The largest absolute Gasteiger partial charge is 0.497 e. The number of benzene rings is 1. The highest BCUT2D eigenvalue weighted by molar-refractivity contribution is 6.03. The summed E-state index contributed by atoms with van der Waals surface area (Å²) in [5.41, 5.74) is 3.00. The number of carbonyl (C=O) groups is 2. The minimum Gasteiger partial charge on any atom is -0.497 e. The molecule has 1 aromatic heterocycles. The van der Waals surface area contributed by atoms with Crippen LogP contribution in [0.5, 0.6) is 5.75 Å². The molecule has 1 N–H and O–H groups in total. The van der Waals surface area contributed by atoms with Crippen LogP contribution in [0.1, 0.15) is 24.1 Å². The molecule has 0 radical (unpaired) electrons. The van der Waals surface area contributed by atoms with Crippen molar-refractivity contribution in [3.63, 3.8) is 0 Å². The summed E-state index contributed by atoms with van der Waals surface area (Å²) in [6, 6.07) is 7.31. The molecular formula is C19H22N4O3. The maximum Gasteiger partial charge on any atom is 0.230 e. The molecule has 1 aliphatic heterocycles. The highest BCUT2D eigenvalue weighted by atomic mass is 16.5. The first-order valence-corrected chi connectivity index (χ1v) is 8.87. The maximum absolute atomic E-state index is 12.7. The van der Waals surface area contributed by atoms with E-state index in [9.17, 15) is 9.59 Å². The quantitative estimate of drug-likeness (QED) is 0.910. The van der Waals surface area contributed by atoms with Crippen molar-refractivity contribution in [2.75, 3.05) is 23.9 Å². The van der Waals surface area contributed by atoms with Crippen LogP contribution in [0.15, 0.2) is 24.3 Å². The van der Waals surface area contributed by atoms with Crippen molar-refractivity contribution in [2.45, 2.75) is 25.7 Å². The van der Waals surface area contributed by atoms with Crippen LogP contribution in [0, 0.1) is 5.92 Å². The molecule has 26 heavy (non-hydrogen) atoms. The highest BCUT2D eigenvalue weighted by Crippen LogP contribution is 2.30. The van der Waals surface area contributed by atoms with Gasteiger partial charge in [-0.05, 0) is 43.5 Å². The van der Waals surface area contributed by atoms with Gasteiger partial charge in [-0.15, -0.1) is 0 Å². The minimum absolute atomic E-state index is 0.0365. The molecule has 136 valence electrons. The second-order valence-electron chi connectivity index (χ2n) is 6.84. The predicted molar refractivity (Wildman–Crippen MR) is 97.3 cm³/mol. The molecule has 2 amide bonds. The number of nitrogens with zero attached hydrogens (tertiary/aromatic N) is 3. The minimum atomic E-state index is -0.364. The molecule has 0 spiro atoms. The zero-order valence-electron chi connectivity index (χ0n) is 15.0. The molecule has 0 unspecified atom stereocenters. The van der Waals surface area contributed by atoms with Gasteiger partial charge < -0.3 is 15.0 Å². The number of hydrogen-bond donors (Lipinski definition) is 1. The van der Waals surface area contributed by atoms with E-state index < -0.39 is 0 Å². The first-order chi connectivity index (χ1) is 12.6. The molecule has 7 heteroatoms. The lowest BCUT2D eigenvalue weighted by Crippen LogP contribution is -2.28. The average Bonchev–Trinajstić information content (AvgIpc) is 3.32. The van der Waals surface area contributed by atoms with E-state index in [0.29, 0.717) is 6.54 Å². The number of nitrogens with one attached hydrogen (secondary N) is 1. The van der Waals surface area contributed by atoms with Crippen molar-refractivity contribution in [3.05, 3.63) is 35.5 Å². The van der Waals surface area contributed by atoms with Gasteiger partial charge in [0.05, 0.1) is 18.7 Å². The number of ether oxygens (including phenoxy) is 1. The fourth-order valence-corrected chi connectivity index (χ4v) is 3.79. The lowest BCUT2D eigenvalue weighted by atomic mass is 10.1. The zero-order chi connectivity index (χ0) is 18.3. The van der Waals surface area contributed by atoms with Crippen LogP contribution in [-0.4, -0.2) is 35.2 Å². The average molecular weight is 354 g/mol. The monoisotopic (exact) mass is 354 g/mol. The number of hydrogen-bond acceptors (Lipinski definition) is 4. The van der Waals surface area contributed by atoms with E-state index >= 15 is 0 Å². The van der Waals surface area contributed by atoms with Crippen LogP contribution in [0.4, 0.5) is 11.5 Å². The van der Waals surface area contributed by atoms with Crippen LogP contribution in [-0.2, 0) is 29.5 Å². The lowest BCUT2D eigenvalue weighted by molar-refractivity contribution is -0.122. The molecule has 1 aromatic carbocycles. The molecule has 7 nitrogen and oxygen atoms in total. The zero-order valence-corrected chi connectivity index (χ0v) is 15.0. The van der Waals surface area contributed by atoms with Crippen molar-refractivity contribution in [1.82, 2.24) is 9.78 Å². The normalized spacial score (nSPS) is 18.9. The number of rotatable bonds is 4. The van der Waals surface area contributed by atoms with Gasteiger partial charge in [0.15, 0.2) is 0 Å². The summed E-state index contributed by atoms with van der Waals surface area (Å²) >= 11 is 0. The van der Waals surface area contributed by atoms with Gasteiger partial charge in [0.2, 0.25) is 11.8 Å². The Labute approximate surface area is 151 Å². The molecule has 0 bridgehead atoms. The fourth-order valence-electron chi connectivity index (χ4n) is 3.79. The Morgan fingerprint density at radius 1 is 1.27 bits per heavy atom. The predicted octanol–water partition coefficient (Wildman–Crippen LogP) is 1.91. The maximum atomic E-state index is 12.7. The molecule has 1 fully saturated rings. The number of anilines is 2. The van der Waals surface area contributed by atoms with Crippen molar-refractivity contribution in [3.8, 4) is 5.75 Å². The van der Waals surface area contributed by atoms with Crippen LogP contribution < -0.4 is 15.0 Å². The second-order valence-corrected chi connectivity index (χ2v) is 6.84. The van der Waals surface area contributed by atoms with E-state index in [1.165, 1.54) is 0 Å². The van der Waals surface area contributed by atoms with Gasteiger partial charge in [0, 0.05) is 31.3 Å². The molecule has 2 aromatic rings. The number of aryl methyl sites for hydroxylation is 2. The van der Waals surface area contributed by atoms with Crippen molar-refractivity contribution in [2.24, 2.45) is 13.0 Å². The summed E-state index contributed by atoms with van der Waals surface area (Å²) in [6.07, 6.45) is 3.21. The number of aromatic nitrogens is 2. The van der Waals surface area contributed by atoms with Gasteiger partial charge in [-0.25, -0.2) is 0 Å². The Morgan fingerprint density at radius 2 is 2.04 bits per heavy atom.